The van der Waals surface area contributed by atoms with Crippen molar-refractivity contribution in [2.24, 2.45) is 0 Å². The smallest absolute Gasteiger partial charge is 0.378 e. The minimum Gasteiger partial charge on any atom is -0.499 e. The van der Waals surface area contributed by atoms with Crippen LogP contribution >= 0.6 is 0 Å². The number of unbranched alkanes of at least 4 members (excludes halogenated alkanes) is 9. The Hall–Kier alpha value is -1.35. The van der Waals surface area contributed by atoms with Crippen LogP contribution in [-0.4, -0.2) is 62.2 Å². The molecule has 2 unspecified atom stereocenters. The molecule has 1 heterocycles. The Labute approximate surface area is 173 Å². The summed E-state index contributed by atoms with van der Waals surface area (Å²) >= 11 is 0. The van der Waals surface area contributed by atoms with Gasteiger partial charge in [-0.1, -0.05) is 64.7 Å². The summed E-state index contributed by atoms with van der Waals surface area (Å²) in [5.74, 6) is -2.42. The summed E-state index contributed by atoms with van der Waals surface area (Å²) in [6.45, 7) is 2.74. The van der Waals surface area contributed by atoms with Crippen LogP contribution in [0.5, 0.6) is 0 Å². The first kappa shape index (κ1) is 25.7. The van der Waals surface area contributed by atoms with Crippen molar-refractivity contribution >= 4 is 5.97 Å². The van der Waals surface area contributed by atoms with Crippen LogP contribution in [0, 0.1) is 0 Å². The SMILES string of the molecule is CCCCCCCCCCCC[C@]1([C@@H](O)CO)OC(=O)C(O)=C1OC(O)C(C)O. The van der Waals surface area contributed by atoms with E-state index in [9.17, 15) is 30.3 Å². The van der Waals surface area contributed by atoms with E-state index < -0.39 is 48.2 Å². The molecular weight excluding hydrogens is 380 g/mol. The van der Waals surface area contributed by atoms with Crippen molar-refractivity contribution in [3.05, 3.63) is 11.5 Å². The van der Waals surface area contributed by atoms with Gasteiger partial charge in [0.1, 0.15) is 12.2 Å². The Balaban J connectivity index is 2.61. The van der Waals surface area contributed by atoms with Gasteiger partial charge in [-0.05, 0) is 19.8 Å². The number of cyclic esters (lactones) is 1. The number of carbonyl (C=O) groups excluding carboxylic acids is 1. The van der Waals surface area contributed by atoms with E-state index in [0.717, 1.165) is 19.3 Å². The quantitative estimate of drug-likeness (QED) is 0.146. The number of esters is 1. The summed E-state index contributed by atoms with van der Waals surface area (Å²) in [6.07, 6.45) is 6.44. The highest BCUT2D eigenvalue weighted by Crippen LogP contribution is 2.40. The molecule has 0 aliphatic carbocycles. The molecule has 0 fully saturated rings. The van der Waals surface area contributed by atoms with Crippen LogP contribution in [0.1, 0.15) is 84.5 Å². The third-order valence-corrected chi connectivity index (χ3v) is 5.33. The summed E-state index contributed by atoms with van der Waals surface area (Å²) < 4.78 is 10.4. The van der Waals surface area contributed by atoms with E-state index in [1.165, 1.54) is 45.4 Å². The lowest BCUT2D eigenvalue weighted by molar-refractivity contribution is -0.184. The Morgan fingerprint density at radius 2 is 1.48 bits per heavy atom. The fourth-order valence-corrected chi connectivity index (χ4v) is 3.50. The van der Waals surface area contributed by atoms with Gasteiger partial charge < -0.3 is 35.0 Å². The van der Waals surface area contributed by atoms with Crippen LogP contribution in [-0.2, 0) is 14.3 Å². The molecule has 5 N–H and O–H groups in total. The van der Waals surface area contributed by atoms with Crippen molar-refractivity contribution in [1.29, 1.82) is 0 Å². The molecule has 0 aromatic heterocycles. The molecule has 8 nitrogen and oxygen atoms in total. The molecule has 170 valence electrons. The average Bonchev–Trinajstić information content (AvgIpc) is 2.93. The van der Waals surface area contributed by atoms with Gasteiger partial charge in [0.2, 0.25) is 17.7 Å². The van der Waals surface area contributed by atoms with Crippen molar-refractivity contribution in [1.82, 2.24) is 0 Å². The van der Waals surface area contributed by atoms with Crippen molar-refractivity contribution < 1.29 is 39.8 Å². The number of hydrogen-bond acceptors (Lipinski definition) is 8. The Kier molecular flexibility index (Phi) is 11.6. The first-order valence-electron chi connectivity index (χ1n) is 10.8. The van der Waals surface area contributed by atoms with Gasteiger partial charge in [-0.25, -0.2) is 4.79 Å². The number of rotatable bonds is 16. The molecule has 0 saturated carbocycles. The highest BCUT2D eigenvalue weighted by atomic mass is 16.7. The lowest BCUT2D eigenvalue weighted by Crippen LogP contribution is -2.48. The summed E-state index contributed by atoms with van der Waals surface area (Å²) in [7, 11) is 0. The highest BCUT2D eigenvalue weighted by molar-refractivity contribution is 5.90. The van der Waals surface area contributed by atoms with Gasteiger partial charge in [0.05, 0.1) is 6.61 Å². The molecular formula is C21H38O8. The molecule has 4 atom stereocenters. The van der Waals surface area contributed by atoms with Gasteiger partial charge >= 0.3 is 5.97 Å². The van der Waals surface area contributed by atoms with Crippen LogP contribution in [0.3, 0.4) is 0 Å². The van der Waals surface area contributed by atoms with Gasteiger partial charge in [-0.15, -0.1) is 0 Å². The first-order chi connectivity index (χ1) is 13.8. The molecule has 0 spiro atoms. The number of aliphatic hydroxyl groups is 5. The summed E-state index contributed by atoms with van der Waals surface area (Å²) in [5.41, 5.74) is -1.79. The Morgan fingerprint density at radius 3 is 1.97 bits per heavy atom. The minimum absolute atomic E-state index is 0.114. The van der Waals surface area contributed by atoms with E-state index in [4.69, 9.17) is 9.47 Å². The number of hydrogen-bond donors (Lipinski definition) is 5. The molecule has 0 aromatic carbocycles. The van der Waals surface area contributed by atoms with Crippen molar-refractivity contribution in [3.8, 4) is 0 Å². The van der Waals surface area contributed by atoms with Gasteiger partial charge in [0.15, 0.2) is 5.76 Å². The normalized spacial score (nSPS) is 22.5. The van der Waals surface area contributed by atoms with Gasteiger partial charge in [-0.3, -0.25) is 0 Å². The topological polar surface area (TPSA) is 137 Å². The maximum Gasteiger partial charge on any atom is 0.378 e. The summed E-state index contributed by atoms with van der Waals surface area (Å²) in [4.78, 5) is 11.9. The third-order valence-electron chi connectivity index (χ3n) is 5.33. The molecule has 0 aromatic rings. The lowest BCUT2D eigenvalue weighted by atomic mass is 9.88. The zero-order valence-corrected chi connectivity index (χ0v) is 17.7. The Morgan fingerprint density at radius 1 is 0.966 bits per heavy atom. The second-order valence-corrected chi connectivity index (χ2v) is 7.84. The number of ether oxygens (including phenoxy) is 2. The van der Waals surface area contributed by atoms with E-state index in [-0.39, 0.29) is 6.42 Å². The standard InChI is InChI=1S/C21H38O8/c1-3-4-5-6-7-8-9-10-11-12-13-21(16(24)14-22)18(17(25)20(27)29-21)28-19(26)15(2)23/h15-16,19,22-26H,3-14H2,1-2H3/t15?,16-,19?,21+/m0/s1. The van der Waals surface area contributed by atoms with Gasteiger partial charge in [0, 0.05) is 0 Å². The van der Waals surface area contributed by atoms with Crippen molar-refractivity contribution in [2.75, 3.05) is 6.61 Å². The lowest BCUT2D eigenvalue weighted by Gasteiger charge is -2.34. The first-order valence-corrected chi connectivity index (χ1v) is 10.8. The fourth-order valence-electron chi connectivity index (χ4n) is 3.50. The predicted molar refractivity (Wildman–Crippen MR) is 107 cm³/mol. The van der Waals surface area contributed by atoms with Crippen LogP contribution in [0.4, 0.5) is 0 Å². The van der Waals surface area contributed by atoms with Gasteiger partial charge in [-0.2, -0.15) is 0 Å². The molecule has 29 heavy (non-hydrogen) atoms. The second-order valence-electron chi connectivity index (χ2n) is 7.84. The maximum atomic E-state index is 11.9. The molecule has 0 radical (unpaired) electrons. The number of carbonyl (C=O) groups is 1. The van der Waals surface area contributed by atoms with Crippen LogP contribution in [0.2, 0.25) is 0 Å². The van der Waals surface area contributed by atoms with Crippen LogP contribution in [0.25, 0.3) is 0 Å². The van der Waals surface area contributed by atoms with Crippen LogP contribution in [0.15, 0.2) is 11.5 Å². The molecule has 0 saturated heterocycles. The van der Waals surface area contributed by atoms with Gasteiger partial charge in [0.25, 0.3) is 0 Å². The van der Waals surface area contributed by atoms with E-state index in [2.05, 4.69) is 6.92 Å². The Bertz CT molecular complexity index is 519. The van der Waals surface area contributed by atoms with E-state index in [0.29, 0.717) is 6.42 Å². The van der Waals surface area contributed by atoms with Crippen molar-refractivity contribution in [3.63, 3.8) is 0 Å². The van der Waals surface area contributed by atoms with Crippen LogP contribution < -0.4 is 0 Å². The van der Waals surface area contributed by atoms with E-state index >= 15 is 0 Å². The minimum atomic E-state index is -1.79. The zero-order chi connectivity index (χ0) is 21.9. The van der Waals surface area contributed by atoms with E-state index in [1.54, 1.807) is 0 Å². The van der Waals surface area contributed by atoms with Crippen molar-refractivity contribution in [2.45, 2.75) is 109 Å². The fraction of sp³-hybridized carbons (Fsp3) is 0.857. The zero-order valence-electron chi connectivity index (χ0n) is 17.7. The molecule has 0 bridgehead atoms. The summed E-state index contributed by atoms with van der Waals surface area (Å²) in [6, 6.07) is 0. The maximum absolute atomic E-state index is 11.9. The second kappa shape index (κ2) is 13.1. The average molecular weight is 419 g/mol. The predicted octanol–water partition coefficient (Wildman–Crippen LogP) is 2.43. The highest BCUT2D eigenvalue weighted by Gasteiger charge is 2.55. The molecule has 8 heteroatoms. The molecule has 0 amide bonds. The van der Waals surface area contributed by atoms with E-state index in [1.807, 2.05) is 0 Å². The summed E-state index contributed by atoms with van der Waals surface area (Å²) in [5, 5.41) is 49.0. The third kappa shape index (κ3) is 7.44. The number of aliphatic hydroxyl groups excluding tert-OH is 5. The molecule has 1 aliphatic heterocycles. The largest absolute Gasteiger partial charge is 0.499 e. The molecule has 1 rings (SSSR count). The molecule has 1 aliphatic rings. The monoisotopic (exact) mass is 418 g/mol.